The van der Waals surface area contributed by atoms with E-state index in [1.54, 1.807) is 0 Å². The Labute approximate surface area is 320 Å². The zero-order chi connectivity index (χ0) is 37.6. The van der Waals surface area contributed by atoms with Gasteiger partial charge in [0.1, 0.15) is 5.58 Å². The number of nitrogens with zero attached hydrogens (tertiary/aromatic N) is 3. The van der Waals surface area contributed by atoms with E-state index in [1.165, 1.54) is 28.1 Å². The molecule has 0 bridgehead atoms. The molecule has 6 heteroatoms. The molecule has 0 aliphatic heterocycles. The van der Waals surface area contributed by atoms with Gasteiger partial charge >= 0.3 is 0 Å². The molecule has 0 amide bonds. The number of aromatic nitrogens is 3. The SMILES string of the molecule is CC(C)c1cccc(C(C)C)c1-n1c(-c2[c-]cc3oc4ccccc4c3c2)nc2ccccc21.[2H]c1[c-]c(-c2ccc([Si](C)(C)C)cn2)cc([2H])c1[2H].[Ir]. The summed E-state index contributed by atoms with van der Waals surface area (Å²) in [5.41, 5.74) is 9.98. The summed E-state index contributed by atoms with van der Waals surface area (Å²) in [4.78, 5) is 9.54. The second kappa shape index (κ2) is 14.9. The summed E-state index contributed by atoms with van der Waals surface area (Å²) in [5, 5.41) is 3.47. The van der Waals surface area contributed by atoms with Crippen LogP contribution in [0.25, 0.3) is 61.3 Å². The quantitative estimate of drug-likeness (QED) is 0.124. The van der Waals surface area contributed by atoms with Crippen LogP contribution >= 0.6 is 0 Å². The van der Waals surface area contributed by atoms with Crippen LogP contribution in [0.3, 0.4) is 0 Å². The fraction of sp³-hybridized carbons (Fsp3) is 0.200. The number of imidazole rings is 1. The normalized spacial score (nSPS) is 12.5. The minimum Gasteiger partial charge on any atom is -0.500 e. The van der Waals surface area contributed by atoms with Crippen LogP contribution in [0.5, 0.6) is 0 Å². The monoisotopic (exact) mass is 865 g/mol. The molecule has 0 unspecified atom stereocenters. The summed E-state index contributed by atoms with van der Waals surface area (Å²) < 4.78 is 31.2. The maximum atomic E-state index is 7.64. The van der Waals surface area contributed by atoms with Gasteiger partial charge in [0.15, 0.2) is 0 Å². The Morgan fingerprint density at radius 2 is 1.47 bits per heavy atom. The summed E-state index contributed by atoms with van der Waals surface area (Å²) in [6, 6.07) is 39.1. The first-order valence-electron chi connectivity index (χ1n) is 18.7. The zero-order valence-electron chi connectivity index (χ0n) is 33.1. The molecule has 4 nitrogen and oxygen atoms in total. The molecule has 0 saturated heterocycles. The Morgan fingerprint density at radius 1 is 0.745 bits per heavy atom. The summed E-state index contributed by atoms with van der Waals surface area (Å²) in [6.07, 6.45) is 1.87. The summed E-state index contributed by atoms with van der Waals surface area (Å²) in [7, 11) is -1.36. The average molecular weight is 865 g/mol. The van der Waals surface area contributed by atoms with E-state index in [-0.39, 0.29) is 38.2 Å². The molecule has 3 aromatic heterocycles. The van der Waals surface area contributed by atoms with Crippen molar-refractivity contribution < 1.29 is 28.6 Å². The van der Waals surface area contributed by atoms with Gasteiger partial charge in [-0.25, -0.2) is 0 Å². The van der Waals surface area contributed by atoms with Crippen LogP contribution in [0.4, 0.5) is 0 Å². The molecule has 0 spiro atoms. The van der Waals surface area contributed by atoms with Gasteiger partial charge in [-0.2, -0.15) is 0 Å². The van der Waals surface area contributed by atoms with Crippen LogP contribution in [0, 0.1) is 12.1 Å². The maximum Gasteiger partial charge on any atom is 0.120 e. The van der Waals surface area contributed by atoms with Gasteiger partial charge in [-0.1, -0.05) is 113 Å². The average Bonchev–Trinajstić information content (AvgIpc) is 3.71. The molecular formula is C45H43IrN3OSi-2. The summed E-state index contributed by atoms with van der Waals surface area (Å²) in [6.45, 7) is 15.8. The molecule has 51 heavy (non-hydrogen) atoms. The van der Waals surface area contributed by atoms with Crippen LogP contribution < -0.4 is 5.19 Å². The second-order valence-corrected chi connectivity index (χ2v) is 19.4. The van der Waals surface area contributed by atoms with Crippen LogP contribution in [0.2, 0.25) is 19.6 Å². The Kier molecular flexibility index (Phi) is 9.46. The largest absolute Gasteiger partial charge is 0.500 e. The Balaban J connectivity index is 0.000000213. The third-order valence-electron chi connectivity index (χ3n) is 9.13. The van der Waals surface area contributed by atoms with E-state index < -0.39 is 8.07 Å². The minimum absolute atomic E-state index is 0. The van der Waals surface area contributed by atoms with Crippen LogP contribution in [-0.2, 0) is 20.1 Å². The van der Waals surface area contributed by atoms with E-state index in [0.29, 0.717) is 23.1 Å². The first-order valence-corrected chi connectivity index (χ1v) is 20.7. The Hall–Kier alpha value is -4.61. The first-order chi connectivity index (χ1) is 25.3. The maximum absolute atomic E-state index is 7.64. The van der Waals surface area contributed by atoms with Crippen molar-refractivity contribution in [1.29, 1.82) is 0 Å². The van der Waals surface area contributed by atoms with E-state index in [1.807, 2.05) is 30.5 Å². The number of para-hydroxylation sites is 4. The molecule has 0 aliphatic rings. The number of hydrogen-bond donors (Lipinski definition) is 0. The second-order valence-electron chi connectivity index (χ2n) is 14.3. The molecule has 0 aliphatic carbocycles. The van der Waals surface area contributed by atoms with E-state index in [0.717, 1.165) is 44.4 Å². The van der Waals surface area contributed by atoms with Gasteiger partial charge in [0, 0.05) is 40.1 Å². The number of benzene rings is 5. The van der Waals surface area contributed by atoms with E-state index in [2.05, 4.69) is 136 Å². The third-order valence-corrected chi connectivity index (χ3v) is 11.2. The standard InChI is InChI=1S/C31H27N2O.C14H16NSi.Ir/c1-19(2)22-11-9-12-23(20(3)4)30(22)33-27-14-7-6-13-26(27)32-31(33)21-16-17-29-25(18-21)24-10-5-8-15-28(24)34-29;1-16(2,3)13-9-10-14(15-11-13)12-7-5-4-6-8-12;/h5-15,17-20H,1-4H3;4-7,9-11H,1-3H3;/q2*-1;/i;4D,5D,6D;. The zero-order valence-corrected chi connectivity index (χ0v) is 33.4. The molecule has 3 heterocycles. The Bertz CT molecular complexity index is 2560. The fourth-order valence-electron chi connectivity index (χ4n) is 6.42. The molecule has 8 rings (SSSR count). The molecule has 0 fully saturated rings. The molecule has 5 aromatic carbocycles. The fourth-order valence-corrected chi connectivity index (χ4v) is 7.45. The minimum atomic E-state index is -1.36. The molecule has 8 aromatic rings. The van der Waals surface area contributed by atoms with E-state index in [9.17, 15) is 0 Å². The third kappa shape index (κ3) is 7.27. The predicted octanol–water partition coefficient (Wildman–Crippen LogP) is 11.7. The van der Waals surface area contributed by atoms with Gasteiger partial charge in [0.2, 0.25) is 0 Å². The van der Waals surface area contributed by atoms with Crippen LogP contribution in [-0.4, -0.2) is 22.6 Å². The predicted molar refractivity (Wildman–Crippen MR) is 212 cm³/mol. The van der Waals surface area contributed by atoms with Crippen molar-refractivity contribution in [1.82, 2.24) is 14.5 Å². The number of hydrogen-bond acceptors (Lipinski definition) is 3. The van der Waals surface area contributed by atoms with Gasteiger partial charge < -0.3 is 14.0 Å². The van der Waals surface area contributed by atoms with Crippen molar-refractivity contribution in [2.45, 2.75) is 59.2 Å². The smallest absolute Gasteiger partial charge is 0.120 e. The molecule has 1 radical (unpaired) electrons. The van der Waals surface area contributed by atoms with Crippen LogP contribution in [0.15, 0.2) is 126 Å². The molecule has 0 N–H and O–H groups in total. The topological polar surface area (TPSA) is 43.9 Å². The number of furan rings is 1. The van der Waals surface area contributed by atoms with Crippen molar-refractivity contribution >= 4 is 46.2 Å². The molecule has 0 saturated carbocycles. The molecule has 0 atom stereocenters. The van der Waals surface area contributed by atoms with Crippen molar-refractivity contribution in [3.63, 3.8) is 0 Å². The van der Waals surface area contributed by atoms with E-state index in [4.69, 9.17) is 13.5 Å². The summed E-state index contributed by atoms with van der Waals surface area (Å²) >= 11 is 0. The van der Waals surface area contributed by atoms with Crippen LogP contribution in [0.1, 0.15) is 54.8 Å². The van der Waals surface area contributed by atoms with Gasteiger partial charge in [-0.15, -0.1) is 59.6 Å². The van der Waals surface area contributed by atoms with E-state index >= 15 is 0 Å². The summed E-state index contributed by atoms with van der Waals surface area (Å²) in [5.74, 6) is 1.67. The first kappa shape index (κ1) is 32.3. The van der Waals surface area contributed by atoms with Crippen molar-refractivity contribution in [2.75, 3.05) is 0 Å². The van der Waals surface area contributed by atoms with Gasteiger partial charge in [-0.3, -0.25) is 4.98 Å². The number of pyridine rings is 1. The van der Waals surface area contributed by atoms with Gasteiger partial charge in [0.25, 0.3) is 0 Å². The molecule has 259 valence electrons. The van der Waals surface area contributed by atoms with Crippen molar-refractivity contribution in [3.8, 4) is 28.3 Å². The van der Waals surface area contributed by atoms with Crippen molar-refractivity contribution in [3.05, 3.63) is 145 Å². The van der Waals surface area contributed by atoms with Gasteiger partial charge in [0.05, 0.1) is 30.5 Å². The number of rotatable bonds is 6. The van der Waals surface area contributed by atoms with Crippen molar-refractivity contribution in [2.24, 2.45) is 0 Å². The van der Waals surface area contributed by atoms with Gasteiger partial charge in [-0.05, 0) is 53.4 Å². The molecular weight excluding hydrogens is 819 g/mol. The Morgan fingerprint density at radius 3 is 2.16 bits per heavy atom. The number of fused-ring (bicyclic) bond motifs is 4.